The molecule has 94 valence electrons. The second kappa shape index (κ2) is 7.86. The van der Waals surface area contributed by atoms with Crippen molar-refractivity contribution in [3.63, 3.8) is 0 Å². The molecular weight excluding hydrogens is 196 g/mol. The van der Waals surface area contributed by atoms with Gasteiger partial charge in [0.05, 0.1) is 0 Å². The van der Waals surface area contributed by atoms with Gasteiger partial charge in [-0.25, -0.2) is 0 Å². The molecule has 1 heteroatoms. The summed E-state index contributed by atoms with van der Waals surface area (Å²) in [5, 5.41) is 0. The molecular formula is C15H28O. The summed E-state index contributed by atoms with van der Waals surface area (Å²) in [6.07, 6.45) is 12.1. The standard InChI is InChI=1S/C15H28O/c1-13(2)8-7-11-15(16)12-14-9-5-3-4-6-10-14/h13-14H,3-12H2,1-2H3. The SMILES string of the molecule is CC(C)CCCC(=O)CC1CCCCCC1. The van der Waals surface area contributed by atoms with Crippen molar-refractivity contribution in [2.24, 2.45) is 11.8 Å². The normalized spacial score (nSPS) is 18.7. The van der Waals surface area contributed by atoms with Crippen molar-refractivity contribution >= 4 is 5.78 Å². The lowest BCUT2D eigenvalue weighted by Crippen LogP contribution is -2.08. The average Bonchev–Trinajstić information content (AvgIpc) is 2.45. The van der Waals surface area contributed by atoms with E-state index in [4.69, 9.17) is 0 Å². The molecule has 1 aliphatic carbocycles. The predicted octanol–water partition coefficient (Wildman–Crippen LogP) is 4.74. The van der Waals surface area contributed by atoms with E-state index >= 15 is 0 Å². The van der Waals surface area contributed by atoms with Crippen LogP contribution in [0, 0.1) is 11.8 Å². The molecule has 0 heterocycles. The number of carbonyl (C=O) groups excluding carboxylic acids is 1. The molecule has 0 radical (unpaired) electrons. The fraction of sp³-hybridized carbons (Fsp3) is 0.933. The molecule has 0 aromatic rings. The van der Waals surface area contributed by atoms with E-state index in [1.54, 1.807) is 0 Å². The molecule has 1 nitrogen and oxygen atoms in total. The lowest BCUT2D eigenvalue weighted by Gasteiger charge is -2.12. The third kappa shape index (κ3) is 6.30. The van der Waals surface area contributed by atoms with Crippen molar-refractivity contribution in [1.29, 1.82) is 0 Å². The van der Waals surface area contributed by atoms with E-state index in [1.807, 2.05) is 0 Å². The average molecular weight is 224 g/mol. The topological polar surface area (TPSA) is 17.1 Å². The highest BCUT2D eigenvalue weighted by molar-refractivity contribution is 5.78. The zero-order valence-electron chi connectivity index (χ0n) is 11.1. The molecule has 0 amide bonds. The molecule has 1 rings (SSSR count). The first kappa shape index (κ1) is 13.7. The summed E-state index contributed by atoms with van der Waals surface area (Å²) in [4.78, 5) is 11.8. The Morgan fingerprint density at radius 2 is 1.75 bits per heavy atom. The van der Waals surface area contributed by atoms with Crippen LogP contribution in [0.3, 0.4) is 0 Å². The van der Waals surface area contributed by atoms with Crippen molar-refractivity contribution < 1.29 is 4.79 Å². The van der Waals surface area contributed by atoms with Crippen LogP contribution in [0.1, 0.15) is 78.1 Å². The van der Waals surface area contributed by atoms with E-state index in [1.165, 1.54) is 44.9 Å². The number of hydrogen-bond acceptors (Lipinski definition) is 1. The number of Topliss-reactive ketones (excluding diaryl/α,β-unsaturated/α-hetero) is 1. The highest BCUT2D eigenvalue weighted by atomic mass is 16.1. The number of hydrogen-bond donors (Lipinski definition) is 0. The van der Waals surface area contributed by atoms with Crippen molar-refractivity contribution in [2.75, 3.05) is 0 Å². The molecule has 0 unspecified atom stereocenters. The quantitative estimate of drug-likeness (QED) is 0.595. The van der Waals surface area contributed by atoms with Gasteiger partial charge in [-0.1, -0.05) is 58.8 Å². The van der Waals surface area contributed by atoms with Crippen molar-refractivity contribution in [3.05, 3.63) is 0 Å². The van der Waals surface area contributed by atoms with Gasteiger partial charge in [-0.2, -0.15) is 0 Å². The third-order valence-electron chi connectivity index (χ3n) is 3.73. The minimum atomic E-state index is 0.521. The predicted molar refractivity (Wildman–Crippen MR) is 69.5 cm³/mol. The van der Waals surface area contributed by atoms with Gasteiger partial charge in [0.2, 0.25) is 0 Å². The third-order valence-corrected chi connectivity index (χ3v) is 3.73. The van der Waals surface area contributed by atoms with Crippen LogP contribution in [0.4, 0.5) is 0 Å². The molecule has 0 aromatic heterocycles. The highest BCUT2D eigenvalue weighted by Gasteiger charge is 2.15. The van der Waals surface area contributed by atoms with E-state index in [0.29, 0.717) is 11.7 Å². The van der Waals surface area contributed by atoms with Crippen LogP contribution >= 0.6 is 0 Å². The lowest BCUT2D eigenvalue weighted by atomic mass is 9.92. The van der Waals surface area contributed by atoms with Gasteiger partial charge in [-0.05, 0) is 18.3 Å². The van der Waals surface area contributed by atoms with Gasteiger partial charge in [0.25, 0.3) is 0 Å². The molecule has 1 aliphatic rings. The first-order valence-electron chi connectivity index (χ1n) is 7.20. The van der Waals surface area contributed by atoms with Gasteiger partial charge in [-0.15, -0.1) is 0 Å². The van der Waals surface area contributed by atoms with Crippen molar-refractivity contribution in [2.45, 2.75) is 78.1 Å². The van der Waals surface area contributed by atoms with Gasteiger partial charge in [0, 0.05) is 12.8 Å². The fourth-order valence-electron chi connectivity index (χ4n) is 2.70. The Kier molecular flexibility index (Phi) is 6.75. The first-order chi connectivity index (χ1) is 7.68. The Labute approximate surface area is 101 Å². The summed E-state index contributed by atoms with van der Waals surface area (Å²) in [6, 6.07) is 0. The molecule has 0 saturated heterocycles. The van der Waals surface area contributed by atoms with Gasteiger partial charge in [0.15, 0.2) is 0 Å². The maximum atomic E-state index is 11.8. The van der Waals surface area contributed by atoms with E-state index in [9.17, 15) is 4.79 Å². The number of rotatable bonds is 6. The van der Waals surface area contributed by atoms with E-state index < -0.39 is 0 Å². The Hall–Kier alpha value is -0.330. The van der Waals surface area contributed by atoms with Gasteiger partial charge < -0.3 is 0 Å². The summed E-state index contributed by atoms with van der Waals surface area (Å²) < 4.78 is 0. The van der Waals surface area contributed by atoms with Crippen LogP contribution in [0.15, 0.2) is 0 Å². The molecule has 0 aromatic carbocycles. The van der Waals surface area contributed by atoms with Crippen molar-refractivity contribution in [3.8, 4) is 0 Å². The van der Waals surface area contributed by atoms with E-state index in [2.05, 4.69) is 13.8 Å². The summed E-state index contributed by atoms with van der Waals surface area (Å²) in [7, 11) is 0. The maximum absolute atomic E-state index is 11.8. The maximum Gasteiger partial charge on any atom is 0.133 e. The molecule has 16 heavy (non-hydrogen) atoms. The summed E-state index contributed by atoms with van der Waals surface area (Å²) in [5.74, 6) is 1.98. The zero-order valence-corrected chi connectivity index (χ0v) is 11.1. The van der Waals surface area contributed by atoms with Crippen LogP contribution in [-0.2, 0) is 4.79 Å². The second-order valence-electron chi connectivity index (χ2n) is 5.89. The van der Waals surface area contributed by atoms with Gasteiger partial charge >= 0.3 is 0 Å². The van der Waals surface area contributed by atoms with Gasteiger partial charge in [0.1, 0.15) is 5.78 Å². The number of carbonyl (C=O) groups is 1. The Balaban J connectivity index is 2.12. The minimum absolute atomic E-state index is 0.521. The molecule has 0 bridgehead atoms. The van der Waals surface area contributed by atoms with E-state index in [-0.39, 0.29) is 0 Å². The monoisotopic (exact) mass is 224 g/mol. The molecule has 0 atom stereocenters. The fourth-order valence-corrected chi connectivity index (χ4v) is 2.70. The zero-order chi connectivity index (χ0) is 11.8. The molecule has 0 aliphatic heterocycles. The summed E-state index contributed by atoms with van der Waals surface area (Å²) in [5.41, 5.74) is 0. The Morgan fingerprint density at radius 1 is 1.12 bits per heavy atom. The van der Waals surface area contributed by atoms with Crippen LogP contribution in [0.5, 0.6) is 0 Å². The molecule has 1 fully saturated rings. The summed E-state index contributed by atoms with van der Waals surface area (Å²) >= 11 is 0. The molecule has 0 spiro atoms. The largest absolute Gasteiger partial charge is 0.300 e. The minimum Gasteiger partial charge on any atom is -0.300 e. The molecule has 1 saturated carbocycles. The van der Waals surface area contributed by atoms with Crippen LogP contribution in [-0.4, -0.2) is 5.78 Å². The first-order valence-corrected chi connectivity index (χ1v) is 7.20. The van der Waals surface area contributed by atoms with Crippen LogP contribution < -0.4 is 0 Å². The Morgan fingerprint density at radius 3 is 2.31 bits per heavy atom. The second-order valence-corrected chi connectivity index (χ2v) is 5.89. The van der Waals surface area contributed by atoms with E-state index in [0.717, 1.165) is 25.2 Å². The Bertz CT molecular complexity index is 188. The lowest BCUT2D eigenvalue weighted by molar-refractivity contribution is -0.120. The van der Waals surface area contributed by atoms with Crippen molar-refractivity contribution in [1.82, 2.24) is 0 Å². The smallest absolute Gasteiger partial charge is 0.133 e. The number of ketones is 1. The van der Waals surface area contributed by atoms with Gasteiger partial charge in [-0.3, -0.25) is 4.79 Å². The summed E-state index contributed by atoms with van der Waals surface area (Å²) in [6.45, 7) is 4.46. The molecule has 0 N–H and O–H groups in total. The van der Waals surface area contributed by atoms with Crippen LogP contribution in [0.25, 0.3) is 0 Å². The van der Waals surface area contributed by atoms with Crippen LogP contribution in [0.2, 0.25) is 0 Å². The highest BCUT2D eigenvalue weighted by Crippen LogP contribution is 2.26.